The number of hydrogen-bond acceptors (Lipinski definition) is 1. The fraction of sp³-hybridized carbons (Fsp3) is 0.400. The van der Waals surface area contributed by atoms with E-state index in [1.807, 2.05) is 0 Å². The lowest BCUT2D eigenvalue weighted by atomic mass is 9.95. The molecule has 2 aliphatic rings. The van der Waals surface area contributed by atoms with Gasteiger partial charge in [-0.25, -0.2) is 0 Å². The maximum absolute atomic E-state index is 3.79. The van der Waals surface area contributed by atoms with Crippen LogP contribution < -0.4 is 5.32 Å². The molecule has 1 heteroatoms. The Morgan fingerprint density at radius 1 is 0.810 bits per heavy atom. The van der Waals surface area contributed by atoms with E-state index in [1.165, 1.54) is 42.4 Å². The Morgan fingerprint density at radius 3 is 2.24 bits per heavy atom. The Morgan fingerprint density at radius 2 is 1.57 bits per heavy atom. The topological polar surface area (TPSA) is 12.0 Å². The van der Waals surface area contributed by atoms with Crippen LogP contribution in [0.3, 0.4) is 0 Å². The summed E-state index contributed by atoms with van der Waals surface area (Å²) in [5, 5.41) is 3.79. The van der Waals surface area contributed by atoms with Crippen molar-refractivity contribution in [3.63, 3.8) is 0 Å². The fourth-order valence-electron chi connectivity index (χ4n) is 4.19. The van der Waals surface area contributed by atoms with Gasteiger partial charge < -0.3 is 5.32 Å². The van der Waals surface area contributed by atoms with Crippen LogP contribution in [-0.4, -0.2) is 6.04 Å². The first-order valence-electron chi connectivity index (χ1n) is 8.26. The largest absolute Gasteiger partial charge is 0.310 e. The molecule has 2 aromatic rings. The first-order chi connectivity index (χ1) is 10.4. The molecule has 3 atom stereocenters. The zero-order chi connectivity index (χ0) is 14.1. The molecule has 0 spiro atoms. The van der Waals surface area contributed by atoms with Gasteiger partial charge in [-0.15, -0.1) is 0 Å². The number of benzene rings is 2. The van der Waals surface area contributed by atoms with Crippen molar-refractivity contribution in [2.45, 2.75) is 38.3 Å². The van der Waals surface area contributed by atoms with E-state index in [0.29, 0.717) is 0 Å². The molecule has 4 rings (SSSR count). The first-order valence-corrected chi connectivity index (χ1v) is 8.26. The second-order valence-corrected chi connectivity index (χ2v) is 6.73. The normalized spacial score (nSPS) is 27.1. The summed E-state index contributed by atoms with van der Waals surface area (Å²) in [6.45, 7) is 1.02. The Labute approximate surface area is 127 Å². The minimum atomic E-state index is 0.776. The molecular weight excluding hydrogens is 254 g/mol. The lowest BCUT2D eigenvalue weighted by Gasteiger charge is -2.23. The molecule has 3 unspecified atom stereocenters. The van der Waals surface area contributed by atoms with Gasteiger partial charge in [-0.2, -0.15) is 0 Å². The van der Waals surface area contributed by atoms with E-state index in [9.17, 15) is 0 Å². The van der Waals surface area contributed by atoms with Crippen molar-refractivity contribution in [1.29, 1.82) is 0 Å². The van der Waals surface area contributed by atoms with Crippen molar-refractivity contribution < 1.29 is 0 Å². The Bertz CT molecular complexity index is 587. The summed E-state index contributed by atoms with van der Waals surface area (Å²) in [5.74, 6) is 1.98. The summed E-state index contributed by atoms with van der Waals surface area (Å²) in [6, 6.07) is 20.4. The molecule has 0 aromatic heterocycles. The first kappa shape index (κ1) is 13.1. The third kappa shape index (κ3) is 2.75. The number of nitrogens with one attached hydrogen (secondary N) is 1. The van der Waals surface area contributed by atoms with Crippen LogP contribution in [-0.2, 0) is 6.54 Å². The van der Waals surface area contributed by atoms with Crippen molar-refractivity contribution >= 4 is 0 Å². The molecule has 2 aliphatic carbocycles. The van der Waals surface area contributed by atoms with Crippen LogP contribution in [0.2, 0.25) is 0 Å². The highest BCUT2D eigenvalue weighted by atomic mass is 14.9. The molecule has 1 N–H and O–H groups in total. The van der Waals surface area contributed by atoms with Crippen LogP contribution in [0.1, 0.15) is 31.2 Å². The SMILES string of the molecule is c1ccc(-c2ccc(CNC3CC4CCC3C4)cc2)cc1. The van der Waals surface area contributed by atoms with Gasteiger partial charge in [0.05, 0.1) is 0 Å². The summed E-state index contributed by atoms with van der Waals surface area (Å²) in [4.78, 5) is 0. The van der Waals surface area contributed by atoms with Crippen LogP contribution in [0.15, 0.2) is 54.6 Å². The number of hydrogen-bond donors (Lipinski definition) is 1. The van der Waals surface area contributed by atoms with Crippen molar-refractivity contribution in [3.8, 4) is 11.1 Å². The van der Waals surface area contributed by atoms with Crippen LogP contribution in [0, 0.1) is 11.8 Å². The summed E-state index contributed by atoms with van der Waals surface area (Å²) in [5.41, 5.74) is 4.00. The molecule has 2 aromatic carbocycles. The summed E-state index contributed by atoms with van der Waals surface area (Å²) >= 11 is 0. The van der Waals surface area contributed by atoms with Gasteiger partial charge in [0.2, 0.25) is 0 Å². The van der Waals surface area contributed by atoms with E-state index >= 15 is 0 Å². The van der Waals surface area contributed by atoms with Gasteiger partial charge in [0.15, 0.2) is 0 Å². The highest BCUT2D eigenvalue weighted by molar-refractivity contribution is 5.63. The minimum Gasteiger partial charge on any atom is -0.310 e. The van der Waals surface area contributed by atoms with E-state index < -0.39 is 0 Å². The number of fused-ring (bicyclic) bond motifs is 2. The minimum absolute atomic E-state index is 0.776. The molecule has 0 heterocycles. The zero-order valence-electron chi connectivity index (χ0n) is 12.5. The molecule has 2 fully saturated rings. The quantitative estimate of drug-likeness (QED) is 0.859. The van der Waals surface area contributed by atoms with E-state index in [-0.39, 0.29) is 0 Å². The smallest absolute Gasteiger partial charge is 0.0208 e. The maximum Gasteiger partial charge on any atom is 0.0208 e. The molecule has 2 bridgehead atoms. The molecule has 0 amide bonds. The second-order valence-electron chi connectivity index (χ2n) is 6.73. The van der Waals surface area contributed by atoms with E-state index in [2.05, 4.69) is 59.9 Å². The summed E-state index contributed by atoms with van der Waals surface area (Å²) < 4.78 is 0. The zero-order valence-corrected chi connectivity index (χ0v) is 12.5. The summed E-state index contributed by atoms with van der Waals surface area (Å²) in [7, 11) is 0. The Kier molecular flexibility index (Phi) is 3.52. The Balaban J connectivity index is 1.38. The van der Waals surface area contributed by atoms with Gasteiger partial charge >= 0.3 is 0 Å². The van der Waals surface area contributed by atoms with Crippen LogP contribution in [0.4, 0.5) is 0 Å². The highest BCUT2D eigenvalue weighted by Crippen LogP contribution is 2.44. The van der Waals surface area contributed by atoms with Gasteiger partial charge in [-0.05, 0) is 47.8 Å². The molecule has 0 radical (unpaired) electrons. The molecular formula is C20H23N. The Hall–Kier alpha value is -1.60. The van der Waals surface area contributed by atoms with Gasteiger partial charge in [-0.1, -0.05) is 61.0 Å². The van der Waals surface area contributed by atoms with Crippen LogP contribution >= 0.6 is 0 Å². The van der Waals surface area contributed by atoms with Crippen LogP contribution in [0.5, 0.6) is 0 Å². The van der Waals surface area contributed by atoms with E-state index in [4.69, 9.17) is 0 Å². The van der Waals surface area contributed by atoms with Gasteiger partial charge in [-0.3, -0.25) is 0 Å². The average molecular weight is 277 g/mol. The van der Waals surface area contributed by atoms with Crippen molar-refractivity contribution in [2.24, 2.45) is 11.8 Å². The van der Waals surface area contributed by atoms with Gasteiger partial charge in [0, 0.05) is 12.6 Å². The van der Waals surface area contributed by atoms with Gasteiger partial charge in [0.1, 0.15) is 0 Å². The highest BCUT2D eigenvalue weighted by Gasteiger charge is 2.38. The lowest BCUT2D eigenvalue weighted by Crippen LogP contribution is -2.33. The van der Waals surface area contributed by atoms with Gasteiger partial charge in [0.25, 0.3) is 0 Å². The maximum atomic E-state index is 3.79. The molecule has 0 saturated heterocycles. The standard InChI is InChI=1S/C20H23N/c1-2-4-17(5-3-1)18-9-6-15(7-10-18)14-21-20-13-16-8-11-19(20)12-16/h1-7,9-10,16,19-21H,8,11-14H2. The monoisotopic (exact) mass is 277 g/mol. The van der Waals surface area contributed by atoms with Crippen molar-refractivity contribution in [2.75, 3.05) is 0 Å². The third-order valence-corrected chi connectivity index (χ3v) is 5.37. The van der Waals surface area contributed by atoms with Crippen molar-refractivity contribution in [3.05, 3.63) is 60.2 Å². The molecule has 2 saturated carbocycles. The molecule has 21 heavy (non-hydrogen) atoms. The predicted octanol–water partition coefficient (Wildman–Crippen LogP) is 4.63. The van der Waals surface area contributed by atoms with E-state index in [1.54, 1.807) is 0 Å². The van der Waals surface area contributed by atoms with Crippen molar-refractivity contribution in [1.82, 2.24) is 5.32 Å². The fourth-order valence-corrected chi connectivity index (χ4v) is 4.19. The molecule has 1 nitrogen and oxygen atoms in total. The molecule has 0 aliphatic heterocycles. The third-order valence-electron chi connectivity index (χ3n) is 5.37. The second kappa shape index (κ2) is 5.65. The average Bonchev–Trinajstić information content (AvgIpc) is 3.17. The summed E-state index contributed by atoms with van der Waals surface area (Å²) in [6.07, 6.45) is 5.82. The number of rotatable bonds is 4. The van der Waals surface area contributed by atoms with Crippen LogP contribution in [0.25, 0.3) is 11.1 Å². The lowest BCUT2D eigenvalue weighted by molar-refractivity contribution is 0.351. The predicted molar refractivity (Wildman–Crippen MR) is 88.0 cm³/mol. The van der Waals surface area contributed by atoms with E-state index in [0.717, 1.165) is 24.4 Å². The molecule has 108 valence electrons.